The number of nitrogens with zero attached hydrogens (tertiary/aromatic N) is 3. The van der Waals surface area contributed by atoms with Gasteiger partial charge in [-0.05, 0) is 18.3 Å². The second kappa shape index (κ2) is 4.47. The number of aromatic amines is 2. The maximum Gasteiger partial charge on any atom is 0.238 e. The van der Waals surface area contributed by atoms with Crippen molar-refractivity contribution in [2.24, 2.45) is 5.10 Å². The maximum atomic E-state index is 4.78. The molecular formula is C8H8N6S. The van der Waals surface area contributed by atoms with E-state index in [1.165, 1.54) is 0 Å². The standard InChI is InChI=1S/C8H8N6S/c15-8-11-7(13-14-8)12-10-5-6-2-1-3-9-4-6/h1-5H,(H3,11,12,13,14,15)/b10-5-. The predicted molar refractivity (Wildman–Crippen MR) is 59.2 cm³/mol. The molecule has 2 rings (SSSR count). The SMILES string of the molecule is S=c1nc(N/N=C\c2cccnc2)[nH][nH]1. The molecule has 76 valence electrons. The molecule has 0 spiro atoms. The van der Waals surface area contributed by atoms with Crippen LogP contribution >= 0.6 is 12.2 Å². The highest BCUT2D eigenvalue weighted by molar-refractivity contribution is 7.71. The van der Waals surface area contributed by atoms with Crippen LogP contribution in [0.25, 0.3) is 0 Å². The van der Waals surface area contributed by atoms with Crippen molar-refractivity contribution in [1.29, 1.82) is 0 Å². The average molecular weight is 220 g/mol. The predicted octanol–water partition coefficient (Wildman–Crippen LogP) is 1.31. The summed E-state index contributed by atoms with van der Waals surface area (Å²) >= 11 is 4.78. The van der Waals surface area contributed by atoms with Gasteiger partial charge in [0.2, 0.25) is 10.7 Å². The van der Waals surface area contributed by atoms with Gasteiger partial charge in [-0.15, -0.1) is 0 Å². The summed E-state index contributed by atoms with van der Waals surface area (Å²) in [5.74, 6) is 0.472. The van der Waals surface area contributed by atoms with Crippen molar-refractivity contribution in [2.75, 3.05) is 5.43 Å². The highest BCUT2D eigenvalue weighted by Gasteiger charge is 1.90. The molecule has 7 heteroatoms. The number of hydrogen-bond donors (Lipinski definition) is 3. The molecule has 0 aliphatic heterocycles. The third-order valence-corrected chi connectivity index (χ3v) is 1.76. The summed E-state index contributed by atoms with van der Waals surface area (Å²) in [7, 11) is 0. The Kier molecular flexibility index (Phi) is 2.84. The summed E-state index contributed by atoms with van der Waals surface area (Å²) in [6.07, 6.45) is 5.05. The van der Waals surface area contributed by atoms with Crippen LogP contribution in [-0.2, 0) is 0 Å². The molecule has 0 amide bonds. The molecule has 0 aromatic carbocycles. The fourth-order valence-electron chi connectivity index (χ4n) is 0.943. The molecule has 0 aliphatic rings. The molecule has 0 bridgehead atoms. The molecule has 2 aromatic heterocycles. The van der Waals surface area contributed by atoms with Crippen molar-refractivity contribution in [3.05, 3.63) is 34.9 Å². The minimum absolute atomic E-state index is 0.383. The van der Waals surface area contributed by atoms with E-state index in [-0.39, 0.29) is 0 Å². The van der Waals surface area contributed by atoms with Crippen LogP contribution in [0, 0.1) is 4.77 Å². The molecule has 0 radical (unpaired) electrons. The van der Waals surface area contributed by atoms with Crippen molar-refractivity contribution in [1.82, 2.24) is 20.2 Å². The zero-order valence-electron chi connectivity index (χ0n) is 7.64. The second-order valence-electron chi connectivity index (χ2n) is 2.67. The van der Waals surface area contributed by atoms with Crippen molar-refractivity contribution in [3.8, 4) is 0 Å². The molecule has 2 heterocycles. The van der Waals surface area contributed by atoms with E-state index in [4.69, 9.17) is 12.2 Å². The lowest BCUT2D eigenvalue weighted by molar-refractivity contribution is 1.07. The third-order valence-electron chi connectivity index (χ3n) is 1.57. The fourth-order valence-corrected chi connectivity index (χ4v) is 1.09. The second-order valence-corrected chi connectivity index (χ2v) is 3.06. The number of pyridine rings is 1. The molecule has 0 fully saturated rings. The van der Waals surface area contributed by atoms with Crippen molar-refractivity contribution in [3.63, 3.8) is 0 Å². The minimum Gasteiger partial charge on any atom is -0.272 e. The van der Waals surface area contributed by atoms with E-state index in [0.717, 1.165) is 5.56 Å². The zero-order valence-corrected chi connectivity index (χ0v) is 8.45. The minimum atomic E-state index is 0.383. The Hall–Kier alpha value is -2.02. The van der Waals surface area contributed by atoms with E-state index in [1.807, 2.05) is 12.1 Å². The topological polar surface area (TPSA) is 81.8 Å². The van der Waals surface area contributed by atoms with Gasteiger partial charge >= 0.3 is 0 Å². The first kappa shape index (κ1) is 9.53. The normalized spacial score (nSPS) is 10.7. The van der Waals surface area contributed by atoms with Gasteiger partial charge in [-0.25, -0.2) is 5.43 Å². The fraction of sp³-hybridized carbons (Fsp3) is 0. The monoisotopic (exact) mass is 220 g/mol. The quantitative estimate of drug-likeness (QED) is 0.414. The van der Waals surface area contributed by atoms with Crippen LogP contribution in [0.2, 0.25) is 0 Å². The maximum absolute atomic E-state index is 4.78. The van der Waals surface area contributed by atoms with Crippen LogP contribution in [0.1, 0.15) is 5.56 Å². The van der Waals surface area contributed by atoms with Crippen LogP contribution in [0.3, 0.4) is 0 Å². The van der Waals surface area contributed by atoms with Crippen LogP contribution < -0.4 is 5.43 Å². The Morgan fingerprint density at radius 2 is 2.40 bits per heavy atom. The summed E-state index contributed by atoms with van der Waals surface area (Å²) in [5.41, 5.74) is 3.59. The summed E-state index contributed by atoms with van der Waals surface area (Å²) in [4.78, 5) is 7.85. The number of H-pyrrole nitrogens is 2. The number of aromatic nitrogens is 4. The molecule has 15 heavy (non-hydrogen) atoms. The van der Waals surface area contributed by atoms with Gasteiger partial charge in [0, 0.05) is 18.0 Å². The van der Waals surface area contributed by atoms with Gasteiger partial charge in [0.15, 0.2) is 0 Å². The lowest BCUT2D eigenvalue weighted by atomic mass is 10.3. The summed E-state index contributed by atoms with van der Waals surface area (Å²) < 4.78 is 0.383. The van der Waals surface area contributed by atoms with E-state index < -0.39 is 0 Å². The zero-order chi connectivity index (χ0) is 10.5. The van der Waals surface area contributed by atoms with E-state index in [1.54, 1.807) is 18.6 Å². The number of nitrogens with one attached hydrogen (secondary N) is 3. The summed E-state index contributed by atoms with van der Waals surface area (Å²) in [6.45, 7) is 0. The molecule has 6 nitrogen and oxygen atoms in total. The Morgan fingerprint density at radius 1 is 1.47 bits per heavy atom. The first-order chi connectivity index (χ1) is 7.34. The number of hydrazone groups is 1. The molecule has 3 N–H and O–H groups in total. The van der Waals surface area contributed by atoms with Gasteiger partial charge < -0.3 is 0 Å². The summed E-state index contributed by atoms with van der Waals surface area (Å²) in [6, 6.07) is 3.73. The molecule has 0 atom stereocenters. The smallest absolute Gasteiger partial charge is 0.238 e. The lowest BCUT2D eigenvalue weighted by Crippen LogP contribution is -1.92. The lowest BCUT2D eigenvalue weighted by Gasteiger charge is -1.92. The van der Waals surface area contributed by atoms with Crippen LogP contribution in [-0.4, -0.2) is 26.4 Å². The first-order valence-electron chi connectivity index (χ1n) is 4.18. The molecule has 0 saturated heterocycles. The number of anilines is 1. The van der Waals surface area contributed by atoms with Gasteiger partial charge in [-0.3, -0.25) is 15.2 Å². The third kappa shape index (κ3) is 2.71. The first-order valence-corrected chi connectivity index (χ1v) is 4.59. The van der Waals surface area contributed by atoms with Crippen LogP contribution in [0.5, 0.6) is 0 Å². The largest absolute Gasteiger partial charge is 0.272 e. The van der Waals surface area contributed by atoms with E-state index in [9.17, 15) is 0 Å². The molecule has 2 aromatic rings. The van der Waals surface area contributed by atoms with Crippen LogP contribution in [0.15, 0.2) is 29.6 Å². The Labute approximate surface area is 90.5 Å². The molecule has 0 unspecified atom stereocenters. The van der Waals surface area contributed by atoms with Gasteiger partial charge in [-0.2, -0.15) is 10.1 Å². The van der Waals surface area contributed by atoms with E-state index in [2.05, 4.69) is 30.7 Å². The van der Waals surface area contributed by atoms with E-state index >= 15 is 0 Å². The van der Waals surface area contributed by atoms with Crippen LogP contribution in [0.4, 0.5) is 5.95 Å². The molecule has 0 saturated carbocycles. The molecule has 0 aliphatic carbocycles. The van der Waals surface area contributed by atoms with Gasteiger partial charge in [0.1, 0.15) is 0 Å². The number of hydrogen-bond acceptors (Lipinski definition) is 5. The van der Waals surface area contributed by atoms with Crippen molar-refractivity contribution in [2.45, 2.75) is 0 Å². The molecular weight excluding hydrogens is 212 g/mol. The average Bonchev–Trinajstić information content (AvgIpc) is 2.66. The Bertz CT molecular complexity index is 499. The Morgan fingerprint density at radius 3 is 3.07 bits per heavy atom. The van der Waals surface area contributed by atoms with Gasteiger partial charge in [0.05, 0.1) is 6.21 Å². The van der Waals surface area contributed by atoms with Crippen molar-refractivity contribution >= 4 is 24.4 Å². The van der Waals surface area contributed by atoms with Crippen molar-refractivity contribution < 1.29 is 0 Å². The summed E-state index contributed by atoms with van der Waals surface area (Å²) in [5, 5.41) is 9.31. The highest BCUT2D eigenvalue weighted by Crippen LogP contribution is 1.95. The van der Waals surface area contributed by atoms with E-state index in [0.29, 0.717) is 10.7 Å². The number of rotatable bonds is 3. The van der Waals surface area contributed by atoms with Gasteiger partial charge in [0.25, 0.3) is 0 Å². The van der Waals surface area contributed by atoms with Gasteiger partial charge in [-0.1, -0.05) is 6.07 Å². The Balaban J connectivity index is 1.99. The highest BCUT2D eigenvalue weighted by atomic mass is 32.1.